The van der Waals surface area contributed by atoms with E-state index in [4.69, 9.17) is 4.74 Å². The van der Waals surface area contributed by atoms with E-state index in [1.165, 1.54) is 6.20 Å². The number of aromatic nitrogens is 3. The van der Waals surface area contributed by atoms with Crippen LogP contribution < -0.4 is 4.74 Å². The van der Waals surface area contributed by atoms with Crippen molar-refractivity contribution in [1.82, 2.24) is 14.8 Å². The van der Waals surface area contributed by atoms with Crippen LogP contribution >= 0.6 is 0 Å². The molecule has 0 unspecified atom stereocenters. The molecule has 0 saturated carbocycles. The number of carbonyl (C=O) groups is 2. The zero-order valence-corrected chi connectivity index (χ0v) is 21.4. The molecule has 0 bridgehead atoms. The van der Waals surface area contributed by atoms with Crippen molar-refractivity contribution in [3.63, 3.8) is 0 Å². The van der Waals surface area contributed by atoms with Crippen molar-refractivity contribution >= 4 is 33.6 Å². The van der Waals surface area contributed by atoms with Gasteiger partial charge in [-0.15, -0.1) is 0 Å². The van der Waals surface area contributed by atoms with E-state index in [1.807, 2.05) is 78.9 Å². The smallest absolute Gasteiger partial charge is 0.352 e. The molecule has 0 saturated heterocycles. The highest BCUT2D eigenvalue weighted by Crippen LogP contribution is 2.35. The normalized spacial score (nSPS) is 11.2. The van der Waals surface area contributed by atoms with E-state index in [9.17, 15) is 19.8 Å². The second kappa shape index (κ2) is 10.4. The minimum absolute atomic E-state index is 0.0212. The van der Waals surface area contributed by atoms with Crippen LogP contribution in [0, 0.1) is 0 Å². The van der Waals surface area contributed by atoms with Gasteiger partial charge in [-0.05, 0) is 42.0 Å². The van der Waals surface area contributed by atoms with E-state index in [1.54, 1.807) is 16.8 Å². The van der Waals surface area contributed by atoms with Crippen molar-refractivity contribution in [3.8, 4) is 22.7 Å². The number of ether oxygens (including phenoxy) is 1. The van der Waals surface area contributed by atoms with Gasteiger partial charge in [0.05, 0.1) is 29.7 Å². The van der Waals surface area contributed by atoms with Crippen molar-refractivity contribution in [2.45, 2.75) is 12.8 Å². The van der Waals surface area contributed by atoms with Gasteiger partial charge in [0.1, 0.15) is 17.0 Å². The number of nitrogens with one attached hydrogen (secondary N) is 1. The van der Waals surface area contributed by atoms with E-state index in [0.29, 0.717) is 47.5 Å². The van der Waals surface area contributed by atoms with E-state index in [-0.39, 0.29) is 11.3 Å². The standard InChI is InChI=1S/C32H25N3O5/c36-31(37)26-19-33-35(21-11-2-1-3-12-21)30(26)25-15-7-14-23-24(29(32(38)39)34-28(23)25)16-8-18-40-27-17-6-10-20-9-4-5-13-22(20)27/h1-7,9-15,17,19,34H,8,16,18H2,(H,36,37)(H,38,39). The van der Waals surface area contributed by atoms with Crippen LogP contribution in [0.4, 0.5) is 0 Å². The first-order valence-corrected chi connectivity index (χ1v) is 12.9. The quantitative estimate of drug-likeness (QED) is 0.181. The summed E-state index contributed by atoms with van der Waals surface area (Å²) in [5, 5.41) is 27.2. The minimum atomic E-state index is -1.12. The van der Waals surface area contributed by atoms with Crippen LogP contribution in [0.15, 0.2) is 97.2 Å². The maximum absolute atomic E-state index is 12.3. The third kappa shape index (κ3) is 4.45. The van der Waals surface area contributed by atoms with Gasteiger partial charge < -0.3 is 19.9 Å². The summed E-state index contributed by atoms with van der Waals surface area (Å²) in [6, 6.07) is 28.6. The number of aromatic amines is 1. The van der Waals surface area contributed by atoms with Crippen LogP contribution in [0.2, 0.25) is 0 Å². The molecule has 8 heteroatoms. The van der Waals surface area contributed by atoms with Gasteiger partial charge in [0.25, 0.3) is 0 Å². The summed E-state index contributed by atoms with van der Waals surface area (Å²) in [4.78, 5) is 27.5. The molecule has 3 N–H and O–H groups in total. The van der Waals surface area contributed by atoms with Crippen molar-refractivity contribution in [1.29, 1.82) is 0 Å². The molecular formula is C32H25N3O5. The Morgan fingerprint density at radius 3 is 2.35 bits per heavy atom. The Balaban J connectivity index is 1.36. The number of fused-ring (bicyclic) bond motifs is 2. The lowest BCUT2D eigenvalue weighted by molar-refractivity contribution is 0.0682. The highest BCUT2D eigenvalue weighted by molar-refractivity contribution is 6.05. The second-order valence-electron chi connectivity index (χ2n) is 9.40. The fraction of sp³-hybridized carbons (Fsp3) is 0.0938. The highest BCUT2D eigenvalue weighted by atomic mass is 16.5. The molecule has 0 spiro atoms. The van der Waals surface area contributed by atoms with Crippen LogP contribution in [-0.2, 0) is 6.42 Å². The van der Waals surface area contributed by atoms with E-state index in [0.717, 1.165) is 21.9 Å². The van der Waals surface area contributed by atoms with Gasteiger partial charge in [0.15, 0.2) is 0 Å². The molecule has 198 valence electrons. The fourth-order valence-corrected chi connectivity index (χ4v) is 5.19. The average molecular weight is 532 g/mol. The average Bonchev–Trinajstić information content (AvgIpc) is 3.58. The van der Waals surface area contributed by atoms with Crippen LogP contribution in [-0.4, -0.2) is 43.5 Å². The number of carboxylic acid groups (broad SMARTS) is 2. The molecule has 0 atom stereocenters. The molecule has 40 heavy (non-hydrogen) atoms. The summed E-state index contributed by atoms with van der Waals surface area (Å²) in [5.74, 6) is -1.42. The third-order valence-electron chi connectivity index (χ3n) is 6.99. The monoisotopic (exact) mass is 531 g/mol. The number of para-hydroxylation sites is 2. The Morgan fingerprint density at radius 2 is 1.55 bits per heavy atom. The predicted octanol–water partition coefficient (Wildman–Crippen LogP) is 6.58. The van der Waals surface area contributed by atoms with Gasteiger partial charge in [-0.2, -0.15) is 5.10 Å². The zero-order chi connectivity index (χ0) is 27.6. The summed E-state index contributed by atoms with van der Waals surface area (Å²) in [7, 11) is 0. The molecule has 0 amide bonds. The molecular weight excluding hydrogens is 506 g/mol. The number of H-pyrrole nitrogens is 1. The molecule has 0 aliphatic carbocycles. The van der Waals surface area contributed by atoms with Gasteiger partial charge in [0, 0.05) is 16.3 Å². The lowest BCUT2D eigenvalue weighted by Gasteiger charge is -2.11. The van der Waals surface area contributed by atoms with Crippen molar-refractivity contribution < 1.29 is 24.5 Å². The Morgan fingerprint density at radius 1 is 0.825 bits per heavy atom. The van der Waals surface area contributed by atoms with Gasteiger partial charge in [-0.3, -0.25) is 0 Å². The molecule has 6 aromatic rings. The summed E-state index contributed by atoms with van der Waals surface area (Å²) < 4.78 is 7.65. The van der Waals surface area contributed by atoms with E-state index in [2.05, 4.69) is 10.1 Å². The van der Waals surface area contributed by atoms with Crippen molar-refractivity contribution in [2.75, 3.05) is 6.61 Å². The topological polar surface area (TPSA) is 117 Å². The van der Waals surface area contributed by atoms with Crippen molar-refractivity contribution in [3.05, 3.63) is 114 Å². The zero-order valence-electron chi connectivity index (χ0n) is 21.4. The molecule has 4 aromatic carbocycles. The number of aryl methyl sites for hydroxylation is 1. The Hall–Kier alpha value is -5.37. The lowest BCUT2D eigenvalue weighted by atomic mass is 10.0. The molecule has 2 aromatic heterocycles. The third-order valence-corrected chi connectivity index (χ3v) is 6.99. The fourth-order valence-electron chi connectivity index (χ4n) is 5.19. The number of rotatable bonds is 9. The second-order valence-corrected chi connectivity index (χ2v) is 9.40. The minimum Gasteiger partial charge on any atom is -0.493 e. The summed E-state index contributed by atoms with van der Waals surface area (Å²) >= 11 is 0. The van der Waals surface area contributed by atoms with Crippen LogP contribution in [0.1, 0.15) is 32.8 Å². The van der Waals surface area contributed by atoms with E-state index >= 15 is 0 Å². The Kier molecular flexibility index (Phi) is 6.49. The van der Waals surface area contributed by atoms with Gasteiger partial charge in [-0.25, -0.2) is 14.3 Å². The first kappa shape index (κ1) is 24.9. The van der Waals surface area contributed by atoms with Crippen molar-refractivity contribution in [2.24, 2.45) is 0 Å². The molecule has 8 nitrogen and oxygen atoms in total. The number of benzene rings is 4. The molecule has 6 rings (SSSR count). The van der Waals surface area contributed by atoms with Crippen LogP contribution in [0.3, 0.4) is 0 Å². The Bertz CT molecular complexity index is 1870. The largest absolute Gasteiger partial charge is 0.493 e. The molecule has 2 heterocycles. The molecule has 0 fully saturated rings. The lowest BCUT2D eigenvalue weighted by Crippen LogP contribution is -2.04. The molecule has 0 radical (unpaired) electrons. The van der Waals surface area contributed by atoms with E-state index < -0.39 is 11.9 Å². The maximum atomic E-state index is 12.3. The summed E-state index contributed by atoms with van der Waals surface area (Å²) in [5.41, 5.74) is 2.91. The highest BCUT2D eigenvalue weighted by Gasteiger charge is 2.24. The van der Waals surface area contributed by atoms with Crippen LogP contribution in [0.5, 0.6) is 5.75 Å². The van der Waals surface area contributed by atoms with Gasteiger partial charge in [0.2, 0.25) is 0 Å². The van der Waals surface area contributed by atoms with Gasteiger partial charge >= 0.3 is 11.9 Å². The first-order chi connectivity index (χ1) is 19.5. The predicted molar refractivity (Wildman–Crippen MR) is 153 cm³/mol. The molecule has 0 aliphatic heterocycles. The number of carboxylic acids is 2. The van der Waals surface area contributed by atoms with Gasteiger partial charge in [-0.1, -0.05) is 72.8 Å². The molecule has 0 aliphatic rings. The number of hydrogen-bond donors (Lipinski definition) is 3. The number of hydrogen-bond acceptors (Lipinski definition) is 4. The SMILES string of the molecule is O=C(O)c1cnn(-c2ccccc2)c1-c1cccc2c(CCCOc3cccc4ccccc34)c(C(=O)O)[nH]c12. The summed E-state index contributed by atoms with van der Waals surface area (Å²) in [6.45, 7) is 0.406. The number of nitrogens with zero attached hydrogens (tertiary/aromatic N) is 2. The summed E-state index contributed by atoms with van der Waals surface area (Å²) in [6.07, 6.45) is 2.36. The van der Waals surface area contributed by atoms with Crippen LogP contribution in [0.25, 0.3) is 38.6 Å². The Labute approximate surface area is 229 Å². The first-order valence-electron chi connectivity index (χ1n) is 12.9. The number of aromatic carboxylic acids is 2. The maximum Gasteiger partial charge on any atom is 0.352 e.